The average molecular weight is 306 g/mol. The fraction of sp³-hybridized carbons (Fsp3) is 0.667. The predicted octanol–water partition coefficient (Wildman–Crippen LogP) is 2.41. The SMILES string of the molecule is Cc1nsc(N2CCCN(C(=O)C(C)(C)C)CC2)c1C#N. The second-order valence-corrected chi connectivity index (χ2v) is 7.19. The van der Waals surface area contributed by atoms with Gasteiger partial charge in [0, 0.05) is 31.6 Å². The lowest BCUT2D eigenvalue weighted by atomic mass is 9.94. The Bertz CT molecular complexity index is 567. The van der Waals surface area contributed by atoms with E-state index in [1.54, 1.807) is 0 Å². The molecule has 1 aromatic heterocycles. The third-order valence-corrected chi connectivity index (χ3v) is 4.67. The van der Waals surface area contributed by atoms with Gasteiger partial charge in [0.05, 0.1) is 5.69 Å². The molecular formula is C15H22N4OS. The number of anilines is 1. The summed E-state index contributed by atoms with van der Waals surface area (Å²) in [6, 6.07) is 2.25. The fourth-order valence-electron chi connectivity index (χ4n) is 2.50. The van der Waals surface area contributed by atoms with Crippen molar-refractivity contribution >= 4 is 22.4 Å². The third-order valence-electron chi connectivity index (χ3n) is 3.67. The lowest BCUT2D eigenvalue weighted by molar-refractivity contribution is -0.139. The van der Waals surface area contributed by atoms with Crippen molar-refractivity contribution in [3.8, 4) is 6.07 Å². The Kier molecular flexibility index (Phi) is 4.52. The first-order valence-corrected chi connectivity index (χ1v) is 8.02. The van der Waals surface area contributed by atoms with Crippen LogP contribution in [0.4, 0.5) is 5.00 Å². The van der Waals surface area contributed by atoms with Gasteiger partial charge < -0.3 is 9.80 Å². The fourth-order valence-corrected chi connectivity index (χ4v) is 3.40. The van der Waals surface area contributed by atoms with Crippen molar-refractivity contribution in [1.29, 1.82) is 5.26 Å². The molecule has 114 valence electrons. The van der Waals surface area contributed by atoms with Crippen LogP contribution < -0.4 is 4.90 Å². The number of carbonyl (C=O) groups excluding carboxylic acids is 1. The number of amides is 1. The van der Waals surface area contributed by atoms with E-state index < -0.39 is 0 Å². The molecule has 0 atom stereocenters. The third kappa shape index (κ3) is 3.35. The first-order valence-electron chi connectivity index (χ1n) is 7.25. The van der Waals surface area contributed by atoms with Crippen LogP contribution in [-0.4, -0.2) is 41.4 Å². The second-order valence-electron chi connectivity index (χ2n) is 6.44. The summed E-state index contributed by atoms with van der Waals surface area (Å²) in [6.07, 6.45) is 0.920. The van der Waals surface area contributed by atoms with E-state index in [1.165, 1.54) is 11.5 Å². The van der Waals surface area contributed by atoms with Gasteiger partial charge in [-0.05, 0) is 24.9 Å². The molecule has 1 amide bonds. The van der Waals surface area contributed by atoms with Crippen LogP contribution in [0.15, 0.2) is 0 Å². The summed E-state index contributed by atoms with van der Waals surface area (Å²) in [4.78, 5) is 16.5. The van der Waals surface area contributed by atoms with Crippen LogP contribution in [0.3, 0.4) is 0 Å². The van der Waals surface area contributed by atoms with Gasteiger partial charge in [-0.3, -0.25) is 4.79 Å². The largest absolute Gasteiger partial charge is 0.359 e. The number of hydrogen-bond acceptors (Lipinski definition) is 5. The normalized spacial score (nSPS) is 16.5. The van der Waals surface area contributed by atoms with E-state index in [-0.39, 0.29) is 11.3 Å². The molecule has 1 saturated heterocycles. The van der Waals surface area contributed by atoms with Gasteiger partial charge >= 0.3 is 0 Å². The lowest BCUT2D eigenvalue weighted by Crippen LogP contribution is -2.41. The summed E-state index contributed by atoms with van der Waals surface area (Å²) in [5.74, 6) is 0.199. The molecule has 0 spiro atoms. The van der Waals surface area contributed by atoms with Crippen LogP contribution in [0.2, 0.25) is 0 Å². The van der Waals surface area contributed by atoms with Gasteiger partial charge in [-0.15, -0.1) is 0 Å². The van der Waals surface area contributed by atoms with E-state index in [1.807, 2.05) is 32.6 Å². The van der Waals surface area contributed by atoms with Crippen molar-refractivity contribution in [3.63, 3.8) is 0 Å². The highest BCUT2D eigenvalue weighted by Gasteiger charge is 2.29. The van der Waals surface area contributed by atoms with Crippen molar-refractivity contribution < 1.29 is 4.79 Å². The summed E-state index contributed by atoms with van der Waals surface area (Å²) >= 11 is 1.38. The zero-order valence-electron chi connectivity index (χ0n) is 13.1. The quantitative estimate of drug-likeness (QED) is 0.799. The number of aromatic nitrogens is 1. The van der Waals surface area contributed by atoms with Crippen molar-refractivity contribution in [2.24, 2.45) is 5.41 Å². The first kappa shape index (κ1) is 15.8. The lowest BCUT2D eigenvalue weighted by Gasteiger charge is -2.28. The summed E-state index contributed by atoms with van der Waals surface area (Å²) in [6.45, 7) is 10.9. The molecular weight excluding hydrogens is 284 g/mol. The molecule has 0 saturated carbocycles. The molecule has 21 heavy (non-hydrogen) atoms. The van der Waals surface area contributed by atoms with Gasteiger partial charge in [-0.25, -0.2) is 0 Å². The molecule has 1 fully saturated rings. The molecule has 0 aliphatic carbocycles. The molecule has 0 radical (unpaired) electrons. The molecule has 0 aromatic carbocycles. The van der Waals surface area contributed by atoms with Gasteiger partial charge in [0.15, 0.2) is 0 Å². The Morgan fingerprint density at radius 3 is 2.62 bits per heavy atom. The van der Waals surface area contributed by atoms with Crippen LogP contribution in [0.1, 0.15) is 38.4 Å². The highest BCUT2D eigenvalue weighted by atomic mass is 32.1. The number of aryl methyl sites for hydroxylation is 1. The second kappa shape index (κ2) is 6.02. The molecule has 1 aliphatic rings. The van der Waals surface area contributed by atoms with E-state index in [9.17, 15) is 10.1 Å². The van der Waals surface area contributed by atoms with Crippen LogP contribution >= 0.6 is 11.5 Å². The maximum atomic E-state index is 12.4. The molecule has 5 nitrogen and oxygen atoms in total. The molecule has 0 bridgehead atoms. The van der Waals surface area contributed by atoms with Crippen molar-refractivity contribution in [3.05, 3.63) is 11.3 Å². The highest BCUT2D eigenvalue weighted by molar-refractivity contribution is 7.10. The Labute approximate surface area is 130 Å². The number of nitriles is 1. The average Bonchev–Trinajstić information content (AvgIpc) is 2.64. The van der Waals surface area contributed by atoms with Gasteiger partial charge in [0.25, 0.3) is 0 Å². The first-order chi connectivity index (χ1) is 9.84. The van der Waals surface area contributed by atoms with Gasteiger partial charge in [0.2, 0.25) is 5.91 Å². The number of nitrogens with zero attached hydrogens (tertiary/aromatic N) is 4. The smallest absolute Gasteiger partial charge is 0.228 e. The van der Waals surface area contributed by atoms with Crippen molar-refractivity contribution in [2.45, 2.75) is 34.1 Å². The zero-order valence-corrected chi connectivity index (χ0v) is 14.0. The number of hydrogen-bond donors (Lipinski definition) is 0. The maximum absolute atomic E-state index is 12.4. The van der Waals surface area contributed by atoms with Crippen LogP contribution in [0, 0.1) is 23.7 Å². The van der Waals surface area contributed by atoms with E-state index in [2.05, 4.69) is 15.3 Å². The highest BCUT2D eigenvalue weighted by Crippen LogP contribution is 2.29. The minimum Gasteiger partial charge on any atom is -0.359 e. The Hall–Kier alpha value is -1.61. The van der Waals surface area contributed by atoms with Gasteiger partial charge in [-0.1, -0.05) is 20.8 Å². The van der Waals surface area contributed by atoms with Crippen LogP contribution in [-0.2, 0) is 4.79 Å². The molecule has 1 aromatic rings. The zero-order chi connectivity index (χ0) is 15.6. The summed E-state index contributed by atoms with van der Waals surface area (Å²) in [5, 5.41) is 10.2. The van der Waals surface area contributed by atoms with Crippen molar-refractivity contribution in [2.75, 3.05) is 31.1 Å². The van der Waals surface area contributed by atoms with E-state index in [0.717, 1.165) is 36.8 Å². The summed E-state index contributed by atoms with van der Waals surface area (Å²) in [7, 11) is 0. The minimum atomic E-state index is -0.339. The van der Waals surface area contributed by atoms with E-state index >= 15 is 0 Å². The Morgan fingerprint density at radius 2 is 2.00 bits per heavy atom. The van der Waals surface area contributed by atoms with Crippen LogP contribution in [0.25, 0.3) is 0 Å². The minimum absolute atomic E-state index is 0.199. The molecule has 1 aliphatic heterocycles. The molecule has 0 unspecified atom stereocenters. The molecule has 2 heterocycles. The summed E-state index contributed by atoms with van der Waals surface area (Å²) < 4.78 is 4.28. The van der Waals surface area contributed by atoms with Gasteiger partial charge in [-0.2, -0.15) is 9.64 Å². The van der Waals surface area contributed by atoms with E-state index in [0.29, 0.717) is 12.1 Å². The molecule has 0 N–H and O–H groups in total. The summed E-state index contributed by atoms with van der Waals surface area (Å²) in [5.41, 5.74) is 1.13. The Morgan fingerprint density at radius 1 is 1.29 bits per heavy atom. The molecule has 6 heteroatoms. The maximum Gasteiger partial charge on any atom is 0.228 e. The molecule has 2 rings (SSSR count). The van der Waals surface area contributed by atoms with E-state index in [4.69, 9.17) is 0 Å². The van der Waals surface area contributed by atoms with Crippen LogP contribution in [0.5, 0.6) is 0 Å². The Balaban J connectivity index is 2.11. The van der Waals surface area contributed by atoms with Gasteiger partial charge in [0.1, 0.15) is 16.6 Å². The number of carbonyl (C=O) groups is 1. The predicted molar refractivity (Wildman–Crippen MR) is 84.4 cm³/mol. The topological polar surface area (TPSA) is 60.2 Å². The monoisotopic (exact) mass is 306 g/mol. The number of rotatable bonds is 1. The van der Waals surface area contributed by atoms with Crippen molar-refractivity contribution in [1.82, 2.24) is 9.27 Å². The standard InChI is InChI=1S/C15H22N4OS/c1-11-12(10-16)13(21-17-11)18-6-5-7-19(9-8-18)14(20)15(2,3)4/h5-9H2,1-4H3.